The first-order chi connectivity index (χ1) is 10.2. The standard InChI is InChI=1S/C16H17NO4/c1-2-20-16(19)12-11-8-9-21-14(11)15(18)17-13(12)10-6-4-3-5-7-10/h3-7,11,14H,2,8-9H2,1H3,(H,17,18)/t11-,14+/m1/s1. The molecule has 2 atom stereocenters. The minimum atomic E-state index is -0.586. The Bertz CT molecular complexity index is 594. The van der Waals surface area contributed by atoms with E-state index in [9.17, 15) is 9.59 Å². The summed E-state index contributed by atoms with van der Waals surface area (Å²) < 4.78 is 10.6. The summed E-state index contributed by atoms with van der Waals surface area (Å²) in [5.74, 6) is -0.797. The Morgan fingerprint density at radius 1 is 1.38 bits per heavy atom. The molecular weight excluding hydrogens is 270 g/mol. The van der Waals surface area contributed by atoms with Crippen molar-refractivity contribution in [1.82, 2.24) is 5.32 Å². The summed E-state index contributed by atoms with van der Waals surface area (Å²) in [6.07, 6.45) is 0.0691. The molecule has 0 bridgehead atoms. The van der Waals surface area contributed by atoms with Crippen molar-refractivity contribution in [3.8, 4) is 0 Å². The van der Waals surface area contributed by atoms with Gasteiger partial charge in [-0.05, 0) is 18.9 Å². The summed E-state index contributed by atoms with van der Waals surface area (Å²) in [7, 11) is 0. The number of rotatable bonds is 3. The predicted octanol–water partition coefficient (Wildman–Crippen LogP) is 1.50. The molecule has 0 aromatic heterocycles. The lowest BCUT2D eigenvalue weighted by Gasteiger charge is -2.28. The Labute approximate surface area is 122 Å². The lowest BCUT2D eigenvalue weighted by molar-refractivity contribution is -0.140. The highest BCUT2D eigenvalue weighted by atomic mass is 16.5. The topological polar surface area (TPSA) is 64.6 Å². The maximum Gasteiger partial charge on any atom is 0.336 e. The van der Waals surface area contributed by atoms with E-state index in [1.807, 2.05) is 30.3 Å². The van der Waals surface area contributed by atoms with E-state index in [1.165, 1.54) is 0 Å². The lowest BCUT2D eigenvalue weighted by Crippen LogP contribution is -2.44. The van der Waals surface area contributed by atoms with Crippen molar-refractivity contribution < 1.29 is 19.1 Å². The molecule has 1 N–H and O–H groups in total. The molecule has 2 aliphatic rings. The molecule has 21 heavy (non-hydrogen) atoms. The number of esters is 1. The summed E-state index contributed by atoms with van der Waals surface area (Å²) in [6, 6.07) is 9.36. The molecule has 2 heterocycles. The molecule has 5 heteroatoms. The summed E-state index contributed by atoms with van der Waals surface area (Å²) in [5, 5.41) is 2.81. The normalized spacial score (nSPS) is 24.5. The second kappa shape index (κ2) is 5.69. The second-order valence-electron chi connectivity index (χ2n) is 5.05. The average molecular weight is 287 g/mol. The molecule has 3 rings (SSSR count). The first kappa shape index (κ1) is 13.8. The largest absolute Gasteiger partial charge is 0.463 e. The van der Waals surface area contributed by atoms with Gasteiger partial charge in [0.05, 0.1) is 17.9 Å². The van der Waals surface area contributed by atoms with Crippen LogP contribution in [0.4, 0.5) is 0 Å². The van der Waals surface area contributed by atoms with Crippen LogP contribution in [0.2, 0.25) is 0 Å². The molecule has 0 spiro atoms. The number of ether oxygens (including phenoxy) is 2. The molecule has 1 aromatic carbocycles. The Kier molecular flexibility index (Phi) is 3.75. The number of hydrogen-bond acceptors (Lipinski definition) is 4. The van der Waals surface area contributed by atoms with Crippen LogP contribution in [0.25, 0.3) is 5.70 Å². The molecule has 0 aliphatic carbocycles. The van der Waals surface area contributed by atoms with Crippen LogP contribution in [-0.4, -0.2) is 31.2 Å². The monoisotopic (exact) mass is 287 g/mol. The molecule has 110 valence electrons. The van der Waals surface area contributed by atoms with E-state index in [-0.39, 0.29) is 17.8 Å². The third-order valence-corrected chi connectivity index (χ3v) is 3.80. The van der Waals surface area contributed by atoms with Crippen LogP contribution in [0.1, 0.15) is 18.9 Å². The summed E-state index contributed by atoms with van der Waals surface area (Å²) in [4.78, 5) is 24.5. The van der Waals surface area contributed by atoms with E-state index in [1.54, 1.807) is 6.92 Å². The van der Waals surface area contributed by atoms with Crippen LogP contribution in [0.15, 0.2) is 35.9 Å². The Balaban J connectivity index is 2.10. The predicted molar refractivity (Wildman–Crippen MR) is 76.0 cm³/mol. The van der Waals surface area contributed by atoms with Gasteiger partial charge in [0.2, 0.25) is 0 Å². The lowest BCUT2D eigenvalue weighted by atomic mass is 9.85. The van der Waals surface area contributed by atoms with Crippen LogP contribution in [0.5, 0.6) is 0 Å². The molecule has 2 aliphatic heterocycles. The van der Waals surface area contributed by atoms with Gasteiger partial charge in [-0.2, -0.15) is 0 Å². The average Bonchev–Trinajstić information content (AvgIpc) is 2.98. The van der Waals surface area contributed by atoms with Crippen molar-refractivity contribution in [1.29, 1.82) is 0 Å². The highest BCUT2D eigenvalue weighted by Gasteiger charge is 2.45. The fourth-order valence-corrected chi connectivity index (χ4v) is 2.89. The molecule has 1 aromatic rings. The van der Waals surface area contributed by atoms with Crippen molar-refractivity contribution in [2.45, 2.75) is 19.4 Å². The van der Waals surface area contributed by atoms with Crippen LogP contribution in [-0.2, 0) is 19.1 Å². The summed E-state index contributed by atoms with van der Waals surface area (Å²) in [5.41, 5.74) is 1.87. The second-order valence-corrected chi connectivity index (χ2v) is 5.05. The Hall–Kier alpha value is -2.14. The van der Waals surface area contributed by atoms with Gasteiger partial charge in [0, 0.05) is 12.5 Å². The molecular formula is C16H17NO4. The van der Waals surface area contributed by atoms with Gasteiger partial charge < -0.3 is 14.8 Å². The zero-order valence-electron chi connectivity index (χ0n) is 11.8. The molecule has 1 amide bonds. The van der Waals surface area contributed by atoms with Gasteiger partial charge in [-0.3, -0.25) is 4.79 Å². The van der Waals surface area contributed by atoms with Crippen molar-refractivity contribution in [2.24, 2.45) is 5.92 Å². The minimum absolute atomic E-state index is 0.190. The van der Waals surface area contributed by atoms with Crippen molar-refractivity contribution >= 4 is 17.6 Å². The Morgan fingerprint density at radius 3 is 2.86 bits per heavy atom. The fourth-order valence-electron chi connectivity index (χ4n) is 2.89. The number of benzene rings is 1. The minimum Gasteiger partial charge on any atom is -0.463 e. The molecule has 1 fully saturated rings. The van der Waals surface area contributed by atoms with Gasteiger partial charge in [-0.1, -0.05) is 30.3 Å². The third-order valence-electron chi connectivity index (χ3n) is 3.80. The SMILES string of the molecule is CCOC(=O)C1=C(c2ccccc2)NC(=O)[C@H]2OCC[C@H]12. The molecule has 0 saturated carbocycles. The van der Waals surface area contributed by atoms with Crippen LogP contribution in [0.3, 0.4) is 0 Å². The number of nitrogens with one attached hydrogen (secondary N) is 1. The molecule has 5 nitrogen and oxygen atoms in total. The Morgan fingerprint density at radius 2 is 2.14 bits per heavy atom. The number of carbonyl (C=O) groups excluding carboxylic acids is 2. The maximum absolute atomic E-state index is 12.3. The zero-order valence-corrected chi connectivity index (χ0v) is 11.8. The van der Waals surface area contributed by atoms with E-state index in [0.717, 1.165) is 5.56 Å². The van der Waals surface area contributed by atoms with Gasteiger partial charge in [0.1, 0.15) is 6.10 Å². The third kappa shape index (κ3) is 2.45. The first-order valence-electron chi connectivity index (χ1n) is 7.11. The van der Waals surface area contributed by atoms with Crippen molar-refractivity contribution in [3.63, 3.8) is 0 Å². The fraction of sp³-hybridized carbons (Fsp3) is 0.375. The van der Waals surface area contributed by atoms with E-state index in [2.05, 4.69) is 5.32 Å². The van der Waals surface area contributed by atoms with Crippen molar-refractivity contribution in [3.05, 3.63) is 41.5 Å². The van der Waals surface area contributed by atoms with Crippen molar-refractivity contribution in [2.75, 3.05) is 13.2 Å². The van der Waals surface area contributed by atoms with Gasteiger partial charge in [-0.15, -0.1) is 0 Å². The smallest absolute Gasteiger partial charge is 0.336 e. The number of fused-ring (bicyclic) bond motifs is 1. The molecule has 0 unspecified atom stereocenters. The van der Waals surface area contributed by atoms with E-state index >= 15 is 0 Å². The summed E-state index contributed by atoms with van der Waals surface area (Å²) in [6.45, 7) is 2.55. The van der Waals surface area contributed by atoms with E-state index in [0.29, 0.717) is 30.9 Å². The molecule has 1 saturated heterocycles. The van der Waals surface area contributed by atoms with Gasteiger partial charge in [0.25, 0.3) is 5.91 Å². The highest BCUT2D eigenvalue weighted by Crippen LogP contribution is 2.36. The van der Waals surface area contributed by atoms with Gasteiger partial charge in [0.15, 0.2) is 0 Å². The zero-order chi connectivity index (χ0) is 14.8. The van der Waals surface area contributed by atoms with Crippen LogP contribution >= 0.6 is 0 Å². The van der Waals surface area contributed by atoms with E-state index in [4.69, 9.17) is 9.47 Å². The maximum atomic E-state index is 12.3. The van der Waals surface area contributed by atoms with Gasteiger partial charge in [-0.25, -0.2) is 4.79 Å². The van der Waals surface area contributed by atoms with E-state index < -0.39 is 6.10 Å². The quantitative estimate of drug-likeness (QED) is 0.856. The first-order valence-corrected chi connectivity index (χ1v) is 7.11. The number of amides is 1. The van der Waals surface area contributed by atoms with Crippen LogP contribution in [0, 0.1) is 5.92 Å². The highest BCUT2D eigenvalue weighted by molar-refractivity contribution is 6.05. The number of carbonyl (C=O) groups is 2. The van der Waals surface area contributed by atoms with Crippen LogP contribution < -0.4 is 5.32 Å². The van der Waals surface area contributed by atoms with Gasteiger partial charge >= 0.3 is 5.97 Å². The number of hydrogen-bond donors (Lipinski definition) is 1. The summed E-state index contributed by atoms with van der Waals surface area (Å²) >= 11 is 0. The molecule has 0 radical (unpaired) electrons.